The Hall–Kier alpha value is -1.07. The lowest BCUT2D eigenvalue weighted by atomic mass is 10.0. The molecule has 1 N–H and O–H groups in total. The number of nitrogens with one attached hydrogen (secondary N) is 1. The second-order valence-electron chi connectivity index (χ2n) is 5.58. The lowest BCUT2D eigenvalue weighted by molar-refractivity contribution is 0.239. The van der Waals surface area contributed by atoms with E-state index >= 15 is 0 Å². The highest BCUT2D eigenvalue weighted by molar-refractivity contribution is 7.89. The van der Waals surface area contributed by atoms with Crippen LogP contribution >= 0.6 is 0 Å². The van der Waals surface area contributed by atoms with E-state index in [4.69, 9.17) is 0 Å². The van der Waals surface area contributed by atoms with Gasteiger partial charge in [0.2, 0.25) is 10.0 Å². The fourth-order valence-corrected chi connectivity index (χ4v) is 4.96. The van der Waals surface area contributed by atoms with Crippen molar-refractivity contribution < 1.29 is 8.42 Å². The maximum Gasteiger partial charge on any atom is 0.245 e. The van der Waals surface area contributed by atoms with E-state index in [1.165, 1.54) is 0 Å². The van der Waals surface area contributed by atoms with Gasteiger partial charge >= 0.3 is 0 Å². The van der Waals surface area contributed by atoms with Gasteiger partial charge in [-0.1, -0.05) is 31.9 Å². The van der Waals surface area contributed by atoms with Gasteiger partial charge in [0.15, 0.2) is 0 Å². The molecule has 118 valence electrons. The van der Waals surface area contributed by atoms with Crippen molar-refractivity contribution in [2.24, 2.45) is 0 Å². The molecule has 1 saturated heterocycles. The largest absolute Gasteiger partial charge is 0.384 e. The molecule has 0 aromatic heterocycles. The zero-order valence-electron chi connectivity index (χ0n) is 13.0. The summed E-state index contributed by atoms with van der Waals surface area (Å²) in [7, 11) is -3.42. The molecule has 0 radical (unpaired) electrons. The van der Waals surface area contributed by atoms with Gasteiger partial charge in [0.25, 0.3) is 0 Å². The third kappa shape index (κ3) is 3.58. The third-order valence-electron chi connectivity index (χ3n) is 4.04. The highest BCUT2D eigenvalue weighted by atomic mass is 32.2. The quantitative estimate of drug-likeness (QED) is 0.875. The molecule has 2 rings (SSSR count). The van der Waals surface area contributed by atoms with Gasteiger partial charge in [0, 0.05) is 19.1 Å². The van der Waals surface area contributed by atoms with Crippen molar-refractivity contribution in [2.45, 2.75) is 56.9 Å². The first-order chi connectivity index (χ1) is 10.1. The summed E-state index contributed by atoms with van der Waals surface area (Å²) in [4.78, 5) is 0.412. The van der Waals surface area contributed by atoms with Crippen molar-refractivity contribution >= 4 is 15.7 Å². The van der Waals surface area contributed by atoms with E-state index < -0.39 is 10.0 Å². The molecule has 4 nitrogen and oxygen atoms in total. The van der Waals surface area contributed by atoms with Gasteiger partial charge < -0.3 is 5.32 Å². The SMILES string of the molecule is CCCC1CCCCN1S(=O)(=O)c1ccccc1NCC. The van der Waals surface area contributed by atoms with Crippen LogP contribution in [0.2, 0.25) is 0 Å². The molecule has 1 unspecified atom stereocenters. The summed E-state index contributed by atoms with van der Waals surface area (Å²) in [6.45, 7) is 5.45. The number of hydrogen-bond acceptors (Lipinski definition) is 3. The number of benzene rings is 1. The van der Waals surface area contributed by atoms with Crippen molar-refractivity contribution in [1.29, 1.82) is 0 Å². The second-order valence-corrected chi connectivity index (χ2v) is 7.44. The van der Waals surface area contributed by atoms with Crippen molar-refractivity contribution in [3.63, 3.8) is 0 Å². The monoisotopic (exact) mass is 310 g/mol. The average molecular weight is 310 g/mol. The Labute approximate surface area is 128 Å². The fourth-order valence-electron chi connectivity index (χ4n) is 3.07. The third-order valence-corrected chi connectivity index (χ3v) is 6.05. The minimum Gasteiger partial charge on any atom is -0.384 e. The van der Waals surface area contributed by atoms with Crippen LogP contribution in [0.4, 0.5) is 5.69 Å². The number of piperidine rings is 1. The van der Waals surface area contributed by atoms with E-state index in [-0.39, 0.29) is 6.04 Å². The van der Waals surface area contributed by atoms with Gasteiger partial charge in [-0.2, -0.15) is 4.31 Å². The molecular weight excluding hydrogens is 284 g/mol. The molecule has 1 atom stereocenters. The van der Waals surface area contributed by atoms with Crippen molar-refractivity contribution in [2.75, 3.05) is 18.4 Å². The first-order valence-corrected chi connectivity index (χ1v) is 9.40. The minimum atomic E-state index is -3.42. The van der Waals surface area contributed by atoms with E-state index in [0.29, 0.717) is 23.7 Å². The molecule has 0 aliphatic carbocycles. The van der Waals surface area contributed by atoms with Crippen molar-refractivity contribution in [3.05, 3.63) is 24.3 Å². The summed E-state index contributed by atoms with van der Waals surface area (Å²) in [6, 6.07) is 7.38. The van der Waals surface area contributed by atoms with E-state index in [0.717, 1.165) is 32.1 Å². The van der Waals surface area contributed by atoms with Gasteiger partial charge in [0.1, 0.15) is 4.90 Å². The molecule has 1 fully saturated rings. The van der Waals surface area contributed by atoms with Crippen molar-refractivity contribution in [3.8, 4) is 0 Å². The summed E-state index contributed by atoms with van der Waals surface area (Å²) < 4.78 is 27.8. The minimum absolute atomic E-state index is 0.156. The summed E-state index contributed by atoms with van der Waals surface area (Å²) in [5, 5.41) is 3.16. The molecule has 1 aliphatic rings. The molecule has 1 heterocycles. The van der Waals surface area contributed by atoms with Crippen LogP contribution < -0.4 is 5.32 Å². The van der Waals surface area contributed by atoms with Crippen LogP contribution in [0.3, 0.4) is 0 Å². The lowest BCUT2D eigenvalue weighted by Crippen LogP contribution is -2.43. The zero-order chi connectivity index (χ0) is 15.3. The fraction of sp³-hybridized carbons (Fsp3) is 0.625. The average Bonchev–Trinajstić information content (AvgIpc) is 2.49. The van der Waals surface area contributed by atoms with Crippen LogP contribution in [0.15, 0.2) is 29.2 Å². The van der Waals surface area contributed by atoms with Crippen LogP contribution in [0.1, 0.15) is 46.0 Å². The molecule has 1 aliphatic heterocycles. The predicted octanol–water partition coefficient (Wildman–Crippen LogP) is 3.46. The van der Waals surface area contributed by atoms with Crippen molar-refractivity contribution in [1.82, 2.24) is 4.31 Å². The number of sulfonamides is 1. The molecule has 5 heteroatoms. The summed E-state index contributed by atoms with van der Waals surface area (Å²) in [5.41, 5.74) is 0.709. The number of para-hydroxylation sites is 1. The number of hydrogen-bond donors (Lipinski definition) is 1. The van der Waals surface area contributed by atoms with Crippen LogP contribution in [-0.2, 0) is 10.0 Å². The van der Waals surface area contributed by atoms with E-state index in [2.05, 4.69) is 12.2 Å². The van der Waals surface area contributed by atoms with Gasteiger partial charge in [-0.15, -0.1) is 0 Å². The predicted molar refractivity (Wildman–Crippen MR) is 87.0 cm³/mol. The first kappa shape index (κ1) is 16.3. The zero-order valence-corrected chi connectivity index (χ0v) is 13.8. The molecule has 0 bridgehead atoms. The second kappa shape index (κ2) is 7.27. The standard InChI is InChI=1S/C16H26N2O2S/c1-3-9-14-10-7-8-13-18(14)21(19,20)16-12-6-5-11-15(16)17-4-2/h5-6,11-12,14,17H,3-4,7-10,13H2,1-2H3. The van der Waals surface area contributed by atoms with E-state index in [1.807, 2.05) is 19.1 Å². The Kier molecular flexibility index (Phi) is 5.65. The number of rotatable bonds is 6. The summed E-state index contributed by atoms with van der Waals surface area (Å²) in [6.07, 6.45) is 5.04. The van der Waals surface area contributed by atoms with Gasteiger partial charge in [-0.05, 0) is 38.3 Å². The normalized spacial score (nSPS) is 20.4. The van der Waals surface area contributed by atoms with Crippen LogP contribution in [-0.4, -0.2) is 31.9 Å². The van der Waals surface area contributed by atoms with E-state index in [1.54, 1.807) is 16.4 Å². The van der Waals surface area contributed by atoms with Crippen LogP contribution in [0.25, 0.3) is 0 Å². The maximum atomic E-state index is 13.1. The molecule has 1 aromatic carbocycles. The van der Waals surface area contributed by atoms with Gasteiger partial charge in [-0.25, -0.2) is 8.42 Å². The molecule has 0 spiro atoms. The van der Waals surface area contributed by atoms with Crippen LogP contribution in [0, 0.1) is 0 Å². The van der Waals surface area contributed by atoms with Gasteiger partial charge in [-0.3, -0.25) is 0 Å². The molecule has 1 aromatic rings. The molecule has 21 heavy (non-hydrogen) atoms. The number of nitrogens with zero attached hydrogens (tertiary/aromatic N) is 1. The lowest BCUT2D eigenvalue weighted by Gasteiger charge is -2.35. The Morgan fingerprint density at radius 3 is 2.71 bits per heavy atom. The Morgan fingerprint density at radius 1 is 1.24 bits per heavy atom. The Balaban J connectivity index is 2.36. The highest BCUT2D eigenvalue weighted by Gasteiger charge is 2.34. The van der Waals surface area contributed by atoms with Crippen LogP contribution in [0.5, 0.6) is 0 Å². The smallest absolute Gasteiger partial charge is 0.245 e. The summed E-state index contributed by atoms with van der Waals surface area (Å²) >= 11 is 0. The highest BCUT2D eigenvalue weighted by Crippen LogP contribution is 2.31. The van der Waals surface area contributed by atoms with Gasteiger partial charge in [0.05, 0.1) is 5.69 Å². The summed E-state index contributed by atoms with van der Waals surface area (Å²) in [5.74, 6) is 0. The molecule has 0 saturated carbocycles. The Morgan fingerprint density at radius 2 is 2.00 bits per heavy atom. The Bertz CT molecular complexity index is 555. The maximum absolute atomic E-state index is 13.1. The molecular formula is C16H26N2O2S. The first-order valence-electron chi connectivity index (χ1n) is 7.96. The topological polar surface area (TPSA) is 49.4 Å². The number of anilines is 1. The molecule has 0 amide bonds. The van der Waals surface area contributed by atoms with E-state index in [9.17, 15) is 8.42 Å².